The Morgan fingerprint density at radius 3 is 2.43 bits per heavy atom. The minimum absolute atomic E-state index is 0.0872. The van der Waals surface area contributed by atoms with Crippen LogP contribution in [0.4, 0.5) is 5.69 Å². The van der Waals surface area contributed by atoms with Crippen molar-refractivity contribution < 1.29 is 9.59 Å². The van der Waals surface area contributed by atoms with Crippen LogP contribution in [0.1, 0.15) is 39.2 Å². The summed E-state index contributed by atoms with van der Waals surface area (Å²) in [6.07, 6.45) is 1.11. The molecule has 0 bridgehead atoms. The molecule has 1 aliphatic rings. The molecule has 1 atom stereocenters. The molecule has 1 aromatic carbocycles. The molecule has 1 heterocycles. The zero-order valence-corrected chi connectivity index (χ0v) is 13.6. The van der Waals surface area contributed by atoms with Crippen LogP contribution in [0.2, 0.25) is 5.02 Å². The third-order valence-electron chi connectivity index (χ3n) is 4.39. The molecule has 5 heteroatoms. The lowest BCUT2D eigenvalue weighted by Gasteiger charge is -2.45. The molecule has 1 N–H and O–H groups in total. The van der Waals surface area contributed by atoms with E-state index in [1.54, 1.807) is 17.9 Å². The standard InChI is InChI=1S/C16H21ClN2O2/c1-5-16(6-2)15(21)19(11(4)14(20)18-16)13-10(3)8-7-9-12(13)17/h7-9,11H,5-6H2,1-4H3,(H,18,20). The lowest BCUT2D eigenvalue weighted by molar-refractivity contribution is -0.138. The highest BCUT2D eigenvalue weighted by Crippen LogP contribution is 2.36. The fourth-order valence-corrected chi connectivity index (χ4v) is 3.18. The monoisotopic (exact) mass is 308 g/mol. The predicted molar refractivity (Wildman–Crippen MR) is 84.6 cm³/mol. The number of carbonyl (C=O) groups excluding carboxylic acids is 2. The summed E-state index contributed by atoms with van der Waals surface area (Å²) in [4.78, 5) is 26.9. The first-order chi connectivity index (χ1) is 9.88. The van der Waals surface area contributed by atoms with Gasteiger partial charge in [-0.05, 0) is 38.3 Å². The highest BCUT2D eigenvalue weighted by Gasteiger charge is 2.48. The maximum atomic E-state index is 13.0. The molecule has 2 rings (SSSR count). The molecule has 0 radical (unpaired) electrons. The molecule has 1 aliphatic heterocycles. The number of halogens is 1. The number of rotatable bonds is 3. The lowest BCUT2D eigenvalue weighted by atomic mass is 9.87. The van der Waals surface area contributed by atoms with E-state index in [1.165, 1.54) is 0 Å². The van der Waals surface area contributed by atoms with Crippen LogP contribution in [0.5, 0.6) is 0 Å². The summed E-state index contributed by atoms with van der Waals surface area (Å²) in [7, 11) is 0. The van der Waals surface area contributed by atoms with E-state index in [0.717, 1.165) is 5.56 Å². The van der Waals surface area contributed by atoms with Crippen molar-refractivity contribution >= 4 is 29.1 Å². The first-order valence-corrected chi connectivity index (χ1v) is 7.66. The largest absolute Gasteiger partial charge is 0.340 e. The van der Waals surface area contributed by atoms with Crippen molar-refractivity contribution in [3.05, 3.63) is 28.8 Å². The van der Waals surface area contributed by atoms with Gasteiger partial charge in [0.15, 0.2) is 0 Å². The van der Waals surface area contributed by atoms with E-state index in [-0.39, 0.29) is 11.8 Å². The van der Waals surface area contributed by atoms with Crippen molar-refractivity contribution in [2.24, 2.45) is 0 Å². The van der Waals surface area contributed by atoms with E-state index in [2.05, 4.69) is 5.32 Å². The van der Waals surface area contributed by atoms with Gasteiger partial charge < -0.3 is 5.32 Å². The number of anilines is 1. The summed E-state index contributed by atoms with van der Waals surface area (Å²) in [6.45, 7) is 7.45. The maximum Gasteiger partial charge on any atom is 0.253 e. The highest BCUT2D eigenvalue weighted by molar-refractivity contribution is 6.34. The number of aryl methyl sites for hydroxylation is 1. The van der Waals surface area contributed by atoms with Crippen molar-refractivity contribution in [3.8, 4) is 0 Å². The quantitative estimate of drug-likeness (QED) is 0.933. The predicted octanol–water partition coefficient (Wildman–Crippen LogP) is 3.06. The molecule has 21 heavy (non-hydrogen) atoms. The fourth-order valence-electron chi connectivity index (χ4n) is 2.87. The van der Waals surface area contributed by atoms with Gasteiger partial charge in [-0.1, -0.05) is 37.6 Å². The van der Waals surface area contributed by atoms with Crippen LogP contribution in [0.3, 0.4) is 0 Å². The Labute approximate surface area is 130 Å². The zero-order chi connectivity index (χ0) is 15.8. The van der Waals surface area contributed by atoms with Gasteiger partial charge in [-0.3, -0.25) is 14.5 Å². The van der Waals surface area contributed by atoms with Crippen LogP contribution >= 0.6 is 11.6 Å². The number of nitrogens with one attached hydrogen (secondary N) is 1. The van der Waals surface area contributed by atoms with Gasteiger partial charge in [0.1, 0.15) is 11.6 Å². The molecular formula is C16H21ClN2O2. The van der Waals surface area contributed by atoms with Crippen LogP contribution < -0.4 is 10.2 Å². The van der Waals surface area contributed by atoms with E-state index in [1.807, 2.05) is 32.9 Å². The minimum atomic E-state index is -0.838. The van der Waals surface area contributed by atoms with Gasteiger partial charge in [0, 0.05) is 0 Å². The van der Waals surface area contributed by atoms with Gasteiger partial charge in [-0.15, -0.1) is 0 Å². The Morgan fingerprint density at radius 2 is 1.90 bits per heavy atom. The molecule has 2 amide bonds. The van der Waals surface area contributed by atoms with Crippen molar-refractivity contribution in [2.75, 3.05) is 4.90 Å². The van der Waals surface area contributed by atoms with E-state index in [0.29, 0.717) is 23.6 Å². The second kappa shape index (κ2) is 5.68. The van der Waals surface area contributed by atoms with Crippen LogP contribution in [-0.2, 0) is 9.59 Å². The van der Waals surface area contributed by atoms with Crippen LogP contribution in [0.15, 0.2) is 18.2 Å². The highest BCUT2D eigenvalue weighted by atomic mass is 35.5. The summed E-state index contributed by atoms with van der Waals surface area (Å²) in [5.41, 5.74) is 0.686. The van der Waals surface area contributed by atoms with Gasteiger partial charge in [-0.25, -0.2) is 0 Å². The topological polar surface area (TPSA) is 49.4 Å². The number of nitrogens with zero attached hydrogens (tertiary/aromatic N) is 1. The zero-order valence-electron chi connectivity index (χ0n) is 12.9. The third-order valence-corrected chi connectivity index (χ3v) is 4.70. The Hall–Kier alpha value is -1.55. The van der Waals surface area contributed by atoms with Crippen LogP contribution in [0.25, 0.3) is 0 Å². The first kappa shape index (κ1) is 15.8. The second-order valence-corrected chi connectivity index (χ2v) is 5.94. The van der Waals surface area contributed by atoms with Crippen molar-refractivity contribution in [2.45, 2.75) is 52.1 Å². The molecule has 1 unspecified atom stereocenters. The van der Waals surface area contributed by atoms with Gasteiger partial charge in [0.05, 0.1) is 10.7 Å². The number of amides is 2. The number of para-hydroxylation sites is 1. The Morgan fingerprint density at radius 1 is 1.29 bits per heavy atom. The molecule has 1 aromatic rings. The molecule has 1 fully saturated rings. The third kappa shape index (κ3) is 2.42. The maximum absolute atomic E-state index is 13.0. The summed E-state index contributed by atoms with van der Waals surface area (Å²) in [6, 6.07) is 4.92. The van der Waals surface area contributed by atoms with E-state index in [9.17, 15) is 9.59 Å². The molecule has 0 spiro atoms. The summed E-state index contributed by atoms with van der Waals surface area (Å²) >= 11 is 6.30. The van der Waals surface area contributed by atoms with Crippen LogP contribution in [0, 0.1) is 6.92 Å². The average molecular weight is 309 g/mol. The minimum Gasteiger partial charge on any atom is -0.340 e. The molecule has 4 nitrogen and oxygen atoms in total. The normalized spacial score (nSPS) is 21.4. The molecule has 0 saturated carbocycles. The SMILES string of the molecule is CCC1(CC)NC(=O)C(C)N(c2c(C)cccc2Cl)C1=O. The summed E-state index contributed by atoms with van der Waals surface area (Å²) in [5.74, 6) is -0.228. The Bertz CT molecular complexity index is 561. The van der Waals surface area contributed by atoms with Gasteiger partial charge >= 0.3 is 0 Å². The molecule has 0 aliphatic carbocycles. The van der Waals surface area contributed by atoms with E-state index in [4.69, 9.17) is 11.6 Å². The molecule has 1 saturated heterocycles. The smallest absolute Gasteiger partial charge is 0.253 e. The summed E-state index contributed by atoms with van der Waals surface area (Å²) in [5, 5.41) is 3.39. The van der Waals surface area contributed by atoms with Crippen LogP contribution in [-0.4, -0.2) is 23.4 Å². The molecule has 0 aromatic heterocycles. The van der Waals surface area contributed by atoms with Crippen molar-refractivity contribution in [3.63, 3.8) is 0 Å². The molecule has 114 valence electrons. The number of piperazine rings is 1. The van der Waals surface area contributed by atoms with E-state index >= 15 is 0 Å². The van der Waals surface area contributed by atoms with Crippen molar-refractivity contribution in [1.82, 2.24) is 5.32 Å². The van der Waals surface area contributed by atoms with Crippen molar-refractivity contribution in [1.29, 1.82) is 0 Å². The first-order valence-electron chi connectivity index (χ1n) is 7.28. The number of hydrogen-bond donors (Lipinski definition) is 1. The number of hydrogen-bond acceptors (Lipinski definition) is 2. The lowest BCUT2D eigenvalue weighted by Crippen LogP contribution is -2.69. The van der Waals surface area contributed by atoms with Gasteiger partial charge in [0.2, 0.25) is 5.91 Å². The number of carbonyl (C=O) groups is 2. The Balaban J connectivity index is 2.59. The number of benzene rings is 1. The molecular weight excluding hydrogens is 288 g/mol. The Kier molecular flexibility index (Phi) is 4.28. The second-order valence-electron chi connectivity index (χ2n) is 5.53. The summed E-state index contributed by atoms with van der Waals surface area (Å²) < 4.78 is 0. The van der Waals surface area contributed by atoms with Gasteiger partial charge in [0.25, 0.3) is 5.91 Å². The van der Waals surface area contributed by atoms with E-state index < -0.39 is 11.6 Å². The fraction of sp³-hybridized carbons (Fsp3) is 0.500. The van der Waals surface area contributed by atoms with Gasteiger partial charge in [-0.2, -0.15) is 0 Å². The average Bonchev–Trinajstić information content (AvgIpc) is 2.46.